The van der Waals surface area contributed by atoms with E-state index in [1.807, 2.05) is 20.8 Å². The molecule has 0 radical (unpaired) electrons. The van der Waals surface area contributed by atoms with Gasteiger partial charge in [-0.15, -0.1) is 0 Å². The van der Waals surface area contributed by atoms with E-state index in [1.54, 1.807) is 28.3 Å². The van der Waals surface area contributed by atoms with Crippen molar-refractivity contribution in [2.45, 2.75) is 63.3 Å². The van der Waals surface area contributed by atoms with Crippen LogP contribution in [0.15, 0.2) is 0 Å². The van der Waals surface area contributed by atoms with Crippen molar-refractivity contribution in [3.05, 3.63) is 0 Å². The van der Waals surface area contributed by atoms with E-state index >= 15 is 0 Å². The first-order valence-corrected chi connectivity index (χ1v) is 7.06. The zero-order valence-electron chi connectivity index (χ0n) is 14.8. The van der Waals surface area contributed by atoms with Gasteiger partial charge in [0.1, 0.15) is 23.4 Å². The Morgan fingerprint density at radius 2 is 1.24 bits per heavy atom. The topological polar surface area (TPSA) is 66.4 Å². The highest BCUT2D eigenvalue weighted by Crippen LogP contribution is 2.39. The minimum atomic E-state index is -0.960. The molecule has 0 fully saturated rings. The van der Waals surface area contributed by atoms with Gasteiger partial charge in [-0.3, -0.25) is 0 Å². The Hall–Kier alpha value is -0.240. The molecule has 0 aromatic heterocycles. The summed E-state index contributed by atoms with van der Waals surface area (Å²) in [5, 5.41) is 10.5. The molecular weight excluding hydrogens is 276 g/mol. The van der Waals surface area contributed by atoms with Crippen LogP contribution in [-0.2, 0) is 23.7 Å². The van der Waals surface area contributed by atoms with Gasteiger partial charge in [-0.05, 0) is 27.7 Å². The molecule has 0 aliphatic rings. The van der Waals surface area contributed by atoms with E-state index in [4.69, 9.17) is 23.7 Å². The van der Waals surface area contributed by atoms with Gasteiger partial charge in [-0.1, -0.05) is 0 Å². The van der Waals surface area contributed by atoms with E-state index in [0.29, 0.717) is 0 Å². The van der Waals surface area contributed by atoms with Crippen LogP contribution in [0.1, 0.15) is 27.7 Å². The highest BCUT2D eigenvalue weighted by Gasteiger charge is 2.57. The molecule has 0 aromatic carbocycles. The third-order valence-electron chi connectivity index (χ3n) is 4.92. The van der Waals surface area contributed by atoms with Crippen molar-refractivity contribution in [3.63, 3.8) is 0 Å². The highest BCUT2D eigenvalue weighted by atomic mass is 16.6. The molecule has 0 aromatic rings. The molecule has 0 aliphatic carbocycles. The maximum atomic E-state index is 10.5. The predicted octanol–water partition coefficient (Wildman–Crippen LogP) is 1.24. The van der Waals surface area contributed by atoms with E-state index in [0.717, 1.165) is 0 Å². The predicted molar refractivity (Wildman–Crippen MR) is 80.6 cm³/mol. The van der Waals surface area contributed by atoms with Crippen molar-refractivity contribution >= 4 is 0 Å². The minimum absolute atomic E-state index is 0.282. The van der Waals surface area contributed by atoms with E-state index in [-0.39, 0.29) is 6.10 Å². The SMILES string of the molecule is COC(C)C(O)C(OC)C(C)(OC)C(C)(OC)C(C)OC. The van der Waals surface area contributed by atoms with Gasteiger partial charge in [0.15, 0.2) is 0 Å². The molecule has 0 aliphatic heterocycles. The van der Waals surface area contributed by atoms with Gasteiger partial charge in [0.25, 0.3) is 0 Å². The van der Waals surface area contributed by atoms with E-state index < -0.39 is 29.5 Å². The molecule has 0 heterocycles. The molecule has 0 amide bonds. The lowest BCUT2D eigenvalue weighted by Crippen LogP contribution is -2.68. The second kappa shape index (κ2) is 8.41. The summed E-state index contributed by atoms with van der Waals surface area (Å²) in [6.45, 7) is 7.38. The van der Waals surface area contributed by atoms with Crippen LogP contribution in [0.4, 0.5) is 0 Å². The van der Waals surface area contributed by atoms with Crippen LogP contribution in [0.25, 0.3) is 0 Å². The smallest absolute Gasteiger partial charge is 0.125 e. The second-order valence-corrected chi connectivity index (χ2v) is 5.59. The Morgan fingerprint density at radius 1 is 0.762 bits per heavy atom. The Labute approximate surface area is 128 Å². The summed E-state index contributed by atoms with van der Waals surface area (Å²) in [4.78, 5) is 0. The van der Waals surface area contributed by atoms with Crippen molar-refractivity contribution in [1.29, 1.82) is 0 Å². The van der Waals surface area contributed by atoms with Crippen LogP contribution < -0.4 is 0 Å². The molecule has 6 nitrogen and oxygen atoms in total. The summed E-state index contributed by atoms with van der Waals surface area (Å²) in [6.07, 6.45) is -2.25. The fraction of sp³-hybridized carbons (Fsp3) is 1.00. The normalized spacial score (nSPS) is 23.7. The third kappa shape index (κ3) is 3.75. The number of hydrogen-bond donors (Lipinski definition) is 1. The van der Waals surface area contributed by atoms with Crippen LogP contribution in [0.3, 0.4) is 0 Å². The Kier molecular flexibility index (Phi) is 8.31. The van der Waals surface area contributed by atoms with Crippen molar-refractivity contribution in [1.82, 2.24) is 0 Å². The van der Waals surface area contributed by atoms with Crippen molar-refractivity contribution < 1.29 is 28.8 Å². The molecule has 21 heavy (non-hydrogen) atoms. The average molecular weight is 308 g/mol. The third-order valence-corrected chi connectivity index (χ3v) is 4.92. The van der Waals surface area contributed by atoms with Crippen LogP contribution >= 0.6 is 0 Å². The minimum Gasteiger partial charge on any atom is -0.388 e. The molecule has 0 saturated carbocycles. The first-order valence-electron chi connectivity index (χ1n) is 7.06. The summed E-state index contributed by atoms with van der Waals surface area (Å²) in [5.74, 6) is 0. The summed E-state index contributed by atoms with van der Waals surface area (Å²) in [7, 11) is 7.83. The first kappa shape index (κ1) is 20.8. The summed E-state index contributed by atoms with van der Waals surface area (Å²) < 4.78 is 27.6. The van der Waals surface area contributed by atoms with Gasteiger partial charge in [-0.25, -0.2) is 0 Å². The van der Waals surface area contributed by atoms with E-state index in [1.165, 1.54) is 14.2 Å². The number of methoxy groups -OCH3 is 5. The number of hydrogen-bond acceptors (Lipinski definition) is 6. The van der Waals surface area contributed by atoms with Gasteiger partial charge in [0.2, 0.25) is 0 Å². The van der Waals surface area contributed by atoms with Crippen LogP contribution in [-0.4, -0.2) is 76.3 Å². The maximum absolute atomic E-state index is 10.5. The fourth-order valence-electron chi connectivity index (χ4n) is 2.67. The molecule has 0 saturated heterocycles. The zero-order valence-corrected chi connectivity index (χ0v) is 14.8. The van der Waals surface area contributed by atoms with Gasteiger partial charge in [0, 0.05) is 35.5 Å². The number of aliphatic hydroxyl groups is 1. The molecule has 1 N–H and O–H groups in total. The van der Waals surface area contributed by atoms with Crippen molar-refractivity contribution in [2.24, 2.45) is 0 Å². The fourth-order valence-corrected chi connectivity index (χ4v) is 2.67. The average Bonchev–Trinajstić information content (AvgIpc) is 2.52. The van der Waals surface area contributed by atoms with Crippen molar-refractivity contribution in [2.75, 3.05) is 35.5 Å². The zero-order chi connectivity index (χ0) is 16.8. The number of rotatable bonds is 10. The molecule has 128 valence electrons. The standard InChI is InChI=1S/C15H32O6/c1-10(17-5)12(16)13(19-7)15(4,21-9)14(3,20-8)11(2)18-6/h10-13,16H,1-9H3. The monoisotopic (exact) mass is 308 g/mol. The Balaban J connectivity index is 5.76. The van der Waals surface area contributed by atoms with E-state index in [9.17, 15) is 5.11 Å². The highest BCUT2D eigenvalue weighted by molar-refractivity contribution is 5.07. The summed E-state index contributed by atoms with van der Waals surface area (Å²) in [5.41, 5.74) is -1.80. The van der Waals surface area contributed by atoms with E-state index in [2.05, 4.69) is 0 Å². The maximum Gasteiger partial charge on any atom is 0.125 e. The molecular formula is C15H32O6. The first-order chi connectivity index (χ1) is 9.69. The van der Waals surface area contributed by atoms with Crippen molar-refractivity contribution in [3.8, 4) is 0 Å². The number of ether oxygens (including phenoxy) is 5. The van der Waals surface area contributed by atoms with Crippen LogP contribution in [0, 0.1) is 0 Å². The summed E-state index contributed by atoms with van der Waals surface area (Å²) in [6, 6.07) is 0. The number of aliphatic hydroxyl groups excluding tert-OH is 1. The molecule has 6 atom stereocenters. The lowest BCUT2D eigenvalue weighted by Gasteiger charge is -2.51. The lowest BCUT2D eigenvalue weighted by molar-refractivity contribution is -0.271. The molecule has 6 unspecified atom stereocenters. The van der Waals surface area contributed by atoms with Gasteiger partial charge < -0.3 is 28.8 Å². The lowest BCUT2D eigenvalue weighted by atomic mass is 9.75. The second-order valence-electron chi connectivity index (χ2n) is 5.59. The Morgan fingerprint density at radius 3 is 1.52 bits per heavy atom. The quantitative estimate of drug-likeness (QED) is 0.655. The van der Waals surface area contributed by atoms with Gasteiger partial charge >= 0.3 is 0 Å². The largest absolute Gasteiger partial charge is 0.388 e. The van der Waals surface area contributed by atoms with Gasteiger partial charge in [0.05, 0.1) is 12.2 Å². The summed E-state index contributed by atoms with van der Waals surface area (Å²) >= 11 is 0. The molecule has 0 bridgehead atoms. The molecule has 6 heteroatoms. The van der Waals surface area contributed by atoms with Crippen LogP contribution in [0.5, 0.6) is 0 Å². The molecule has 0 spiro atoms. The molecule has 0 rings (SSSR count). The van der Waals surface area contributed by atoms with Crippen LogP contribution in [0.2, 0.25) is 0 Å². The van der Waals surface area contributed by atoms with Gasteiger partial charge in [-0.2, -0.15) is 0 Å². The Bertz CT molecular complexity index is 300.